The van der Waals surface area contributed by atoms with Gasteiger partial charge in [-0.05, 0) is 41.5 Å². The third-order valence-corrected chi connectivity index (χ3v) is 2.31. The average Bonchev–Trinajstić information content (AvgIpc) is 1.43. The van der Waals surface area contributed by atoms with E-state index in [4.69, 9.17) is 9.05 Å². The van der Waals surface area contributed by atoms with Crippen molar-refractivity contribution < 1.29 is 18.5 Å². The Labute approximate surface area is 94.6 Å². The molecular weight excluding hydrogens is 215 g/mol. The molecule has 0 rings (SSSR count). The van der Waals surface area contributed by atoms with E-state index in [1.807, 2.05) is 0 Å². The molecule has 4 nitrogen and oxygen atoms in total. The minimum absolute atomic E-state index is 0. The zero-order valence-electron chi connectivity index (χ0n) is 9.08. The maximum absolute atomic E-state index is 11.2. The van der Waals surface area contributed by atoms with E-state index in [0.29, 0.717) is 0 Å². The van der Waals surface area contributed by atoms with Crippen molar-refractivity contribution in [3.05, 3.63) is 0 Å². The molecule has 0 saturated carbocycles. The molecule has 0 radical (unpaired) electrons. The Kier molecular flexibility index (Phi) is 8.20. The van der Waals surface area contributed by atoms with Crippen molar-refractivity contribution in [1.29, 1.82) is 0 Å². The Balaban J connectivity index is -0.000000720. The van der Waals surface area contributed by atoms with Crippen LogP contribution in [0.25, 0.3) is 0 Å². The first-order valence-electron chi connectivity index (χ1n) is 4.14. The summed E-state index contributed by atoms with van der Waals surface area (Å²) in [6.07, 6.45) is 0. The van der Waals surface area contributed by atoms with Gasteiger partial charge < -0.3 is 13.9 Å². The molecule has 0 bridgehead atoms. The van der Waals surface area contributed by atoms with Gasteiger partial charge in [-0.3, -0.25) is 4.57 Å². The summed E-state index contributed by atoms with van der Waals surface area (Å²) in [6, 6.07) is 0. The van der Waals surface area contributed by atoms with Crippen LogP contribution in [-0.4, -0.2) is 11.2 Å². The second-order valence-corrected chi connectivity index (χ2v) is 6.11. The summed E-state index contributed by atoms with van der Waals surface area (Å²) < 4.78 is 20.8. The van der Waals surface area contributed by atoms with Crippen LogP contribution in [0.1, 0.15) is 56.4 Å². The van der Waals surface area contributed by atoms with Crippen molar-refractivity contribution in [3.8, 4) is 0 Å². The lowest BCUT2D eigenvalue weighted by Gasteiger charge is -2.35. The summed E-state index contributed by atoms with van der Waals surface area (Å²) in [5, 5.41) is 0. The molecule has 0 aromatic heterocycles. The van der Waals surface area contributed by atoms with Crippen LogP contribution in [-0.2, 0) is 13.6 Å². The highest BCUT2D eigenvalue weighted by atomic mass is 31.2. The van der Waals surface area contributed by atoms with E-state index in [-0.39, 0.29) is 14.9 Å². The first-order chi connectivity index (χ1) is 5.41. The molecule has 0 heterocycles. The Morgan fingerprint density at radius 3 is 1.20 bits per heavy atom. The molecule has 0 aromatic carbocycles. The van der Waals surface area contributed by atoms with E-state index in [1.54, 1.807) is 41.5 Å². The van der Waals surface area contributed by atoms with Crippen molar-refractivity contribution in [3.63, 3.8) is 0 Å². The van der Waals surface area contributed by atoms with Crippen molar-refractivity contribution in [2.75, 3.05) is 0 Å². The van der Waals surface area contributed by atoms with Crippen molar-refractivity contribution in [2.45, 2.75) is 67.6 Å². The number of hydrogen-bond donors (Lipinski definition) is 0. The fourth-order valence-corrected chi connectivity index (χ4v) is 2.07. The van der Waals surface area contributed by atoms with Crippen LogP contribution in [0.15, 0.2) is 0 Å². The van der Waals surface area contributed by atoms with Gasteiger partial charge in [0.2, 0.25) is 0 Å². The molecule has 0 N–H and O–H groups in total. The molecule has 0 atom stereocenters. The molecule has 0 fully saturated rings. The maximum atomic E-state index is 11.2. The van der Waals surface area contributed by atoms with E-state index < -0.39 is 19.0 Å². The summed E-state index contributed by atoms with van der Waals surface area (Å²) in [4.78, 5) is 11.2. The fourth-order valence-electron chi connectivity index (χ4n) is 0.689. The summed E-state index contributed by atoms with van der Waals surface area (Å²) in [5.74, 6) is 0. The molecule has 0 aliphatic carbocycles. The van der Waals surface area contributed by atoms with Gasteiger partial charge in [0.25, 0.3) is 7.82 Å². The zero-order valence-corrected chi connectivity index (χ0v) is 9.97. The smallest absolute Gasteiger partial charge is 0.268 e. The standard InChI is InChI=1S/C8H19O4P.2CH4/c1-7(2,3)11-13(9,10)12-8(4,5)6;;/h1-6H3,(H,9,10);2*1H4/p-1. The molecule has 0 saturated heterocycles. The quantitative estimate of drug-likeness (QED) is 0.695. The lowest BCUT2D eigenvalue weighted by Crippen LogP contribution is -2.27. The number of hydrogen-bond acceptors (Lipinski definition) is 4. The monoisotopic (exact) mass is 241 g/mol. The van der Waals surface area contributed by atoms with E-state index in [0.717, 1.165) is 0 Å². The Morgan fingerprint density at radius 2 is 1.07 bits per heavy atom. The Bertz CT molecular complexity index is 192. The molecule has 0 aromatic rings. The lowest BCUT2D eigenvalue weighted by atomic mass is 10.2. The van der Waals surface area contributed by atoms with E-state index in [9.17, 15) is 9.46 Å². The molecular formula is C10H26O4P-. The van der Waals surface area contributed by atoms with Gasteiger partial charge in [0, 0.05) is 0 Å². The first-order valence-corrected chi connectivity index (χ1v) is 5.60. The highest BCUT2D eigenvalue weighted by Gasteiger charge is 2.25. The minimum atomic E-state index is -4.19. The largest absolute Gasteiger partial charge is 0.756 e. The van der Waals surface area contributed by atoms with E-state index in [1.165, 1.54) is 0 Å². The summed E-state index contributed by atoms with van der Waals surface area (Å²) in [5.41, 5.74) is -1.49. The van der Waals surface area contributed by atoms with Crippen molar-refractivity contribution in [1.82, 2.24) is 0 Å². The highest BCUT2D eigenvalue weighted by Crippen LogP contribution is 2.46. The molecule has 5 heteroatoms. The minimum Gasteiger partial charge on any atom is -0.756 e. The normalized spacial score (nSPS) is 12.7. The van der Waals surface area contributed by atoms with Crippen LogP contribution < -0.4 is 4.89 Å². The van der Waals surface area contributed by atoms with Gasteiger partial charge in [0.15, 0.2) is 0 Å². The van der Waals surface area contributed by atoms with E-state index >= 15 is 0 Å². The predicted molar refractivity (Wildman–Crippen MR) is 62.7 cm³/mol. The van der Waals surface area contributed by atoms with Crippen LogP contribution in [0.5, 0.6) is 0 Å². The van der Waals surface area contributed by atoms with E-state index in [2.05, 4.69) is 0 Å². The molecule has 96 valence electrons. The third-order valence-electron chi connectivity index (χ3n) is 0.771. The van der Waals surface area contributed by atoms with Crippen molar-refractivity contribution >= 4 is 7.82 Å². The fraction of sp³-hybridized carbons (Fsp3) is 1.00. The van der Waals surface area contributed by atoms with Gasteiger partial charge in [-0.2, -0.15) is 0 Å². The second-order valence-electron chi connectivity index (χ2n) is 4.85. The topological polar surface area (TPSA) is 58.6 Å². The first kappa shape index (κ1) is 20.5. The van der Waals surface area contributed by atoms with Gasteiger partial charge in [-0.1, -0.05) is 14.9 Å². The van der Waals surface area contributed by atoms with Gasteiger partial charge in [0.05, 0.1) is 11.2 Å². The molecule has 0 spiro atoms. The summed E-state index contributed by atoms with van der Waals surface area (Å²) in [7, 11) is -4.19. The summed E-state index contributed by atoms with van der Waals surface area (Å²) in [6.45, 7) is 9.94. The van der Waals surface area contributed by atoms with Crippen LogP contribution in [0.3, 0.4) is 0 Å². The molecule has 0 aliphatic heterocycles. The van der Waals surface area contributed by atoms with Crippen molar-refractivity contribution in [2.24, 2.45) is 0 Å². The van der Waals surface area contributed by atoms with Crippen LogP contribution in [0.2, 0.25) is 0 Å². The SMILES string of the molecule is C.C.CC(C)(C)OP(=O)([O-])OC(C)(C)C. The van der Waals surface area contributed by atoms with Gasteiger partial charge in [-0.25, -0.2) is 0 Å². The molecule has 0 unspecified atom stereocenters. The van der Waals surface area contributed by atoms with Crippen LogP contribution in [0, 0.1) is 0 Å². The molecule has 0 aliphatic rings. The second kappa shape index (κ2) is 6.00. The van der Waals surface area contributed by atoms with Gasteiger partial charge in [0.1, 0.15) is 0 Å². The van der Waals surface area contributed by atoms with Crippen LogP contribution >= 0.6 is 7.82 Å². The average molecular weight is 241 g/mol. The number of rotatable bonds is 2. The zero-order chi connectivity index (χ0) is 10.9. The van der Waals surface area contributed by atoms with Crippen LogP contribution in [0.4, 0.5) is 0 Å². The Hall–Kier alpha value is 0.110. The number of phosphoric ester groups is 1. The van der Waals surface area contributed by atoms with Gasteiger partial charge in [-0.15, -0.1) is 0 Å². The third kappa shape index (κ3) is 14.1. The lowest BCUT2D eigenvalue weighted by molar-refractivity contribution is -0.241. The summed E-state index contributed by atoms with van der Waals surface area (Å²) >= 11 is 0. The number of phosphoric acid groups is 1. The molecule has 0 amide bonds. The maximum Gasteiger partial charge on any atom is 0.268 e. The Morgan fingerprint density at radius 1 is 0.867 bits per heavy atom. The van der Waals surface area contributed by atoms with Gasteiger partial charge >= 0.3 is 0 Å². The predicted octanol–water partition coefficient (Wildman–Crippen LogP) is 3.36. The molecule has 15 heavy (non-hydrogen) atoms. The highest BCUT2D eigenvalue weighted by molar-refractivity contribution is 7.46.